The lowest BCUT2D eigenvalue weighted by atomic mass is 9.98. The van der Waals surface area contributed by atoms with Crippen LogP contribution in [0.1, 0.15) is 44.1 Å². The van der Waals surface area contributed by atoms with Gasteiger partial charge < -0.3 is 9.64 Å². The summed E-state index contributed by atoms with van der Waals surface area (Å²) in [5.74, 6) is 1.31. The maximum atomic E-state index is 12.0. The van der Waals surface area contributed by atoms with Crippen molar-refractivity contribution in [1.82, 2.24) is 0 Å². The summed E-state index contributed by atoms with van der Waals surface area (Å²) in [6.45, 7) is 0.796. The molecule has 4 nitrogen and oxygen atoms in total. The van der Waals surface area contributed by atoms with Crippen molar-refractivity contribution in [3.8, 4) is 0 Å². The van der Waals surface area contributed by atoms with E-state index in [0.29, 0.717) is 12.3 Å². The lowest BCUT2D eigenvalue weighted by Gasteiger charge is -2.21. The Kier molecular flexibility index (Phi) is 4.13. The summed E-state index contributed by atoms with van der Waals surface area (Å²) in [6, 6.07) is 7.73. The highest BCUT2D eigenvalue weighted by molar-refractivity contribution is 5.95. The van der Waals surface area contributed by atoms with E-state index in [9.17, 15) is 9.59 Å². The molecule has 0 radical (unpaired) electrons. The van der Waals surface area contributed by atoms with E-state index in [-0.39, 0.29) is 18.0 Å². The van der Waals surface area contributed by atoms with Crippen molar-refractivity contribution >= 4 is 23.6 Å². The Labute approximate surface area is 142 Å². The summed E-state index contributed by atoms with van der Waals surface area (Å²) >= 11 is 0. The number of benzene rings is 1. The van der Waals surface area contributed by atoms with E-state index in [1.807, 2.05) is 29.2 Å². The number of carbonyl (C=O) groups is 2. The maximum absolute atomic E-state index is 12.0. The first-order valence-corrected chi connectivity index (χ1v) is 8.98. The van der Waals surface area contributed by atoms with Gasteiger partial charge in [0.15, 0.2) is 0 Å². The summed E-state index contributed by atoms with van der Waals surface area (Å²) in [4.78, 5) is 25.6. The summed E-state index contributed by atoms with van der Waals surface area (Å²) in [5.41, 5.74) is 1.87. The molecule has 2 saturated carbocycles. The number of ether oxygens (including phenoxy) is 1. The van der Waals surface area contributed by atoms with Crippen LogP contribution >= 0.6 is 0 Å². The van der Waals surface area contributed by atoms with E-state index in [2.05, 4.69) is 0 Å². The van der Waals surface area contributed by atoms with E-state index in [0.717, 1.165) is 36.6 Å². The molecule has 1 amide bonds. The van der Waals surface area contributed by atoms with Gasteiger partial charge in [-0.2, -0.15) is 0 Å². The van der Waals surface area contributed by atoms with E-state index < -0.39 is 0 Å². The second-order valence-electron chi connectivity index (χ2n) is 7.22. The minimum Gasteiger partial charge on any atom is -0.459 e. The summed E-state index contributed by atoms with van der Waals surface area (Å²) in [6.07, 6.45) is 9.79. The van der Waals surface area contributed by atoms with Gasteiger partial charge in [-0.15, -0.1) is 0 Å². The van der Waals surface area contributed by atoms with E-state index in [1.54, 1.807) is 6.08 Å². The molecule has 0 spiro atoms. The predicted molar refractivity (Wildman–Crippen MR) is 92.4 cm³/mol. The topological polar surface area (TPSA) is 46.6 Å². The van der Waals surface area contributed by atoms with Gasteiger partial charge in [-0.25, -0.2) is 4.79 Å². The molecule has 2 aliphatic carbocycles. The SMILES string of the molecule is O=C(C=Cc1ccc(N2CCCC2=O)cc1)OC1CC2CCC1C2. The number of carbonyl (C=O) groups excluding carboxylic acids is 2. The maximum Gasteiger partial charge on any atom is 0.331 e. The molecule has 1 saturated heterocycles. The normalized spacial score (nSPS) is 28.9. The van der Waals surface area contributed by atoms with Crippen LogP contribution in [0.4, 0.5) is 5.69 Å². The lowest BCUT2D eigenvalue weighted by molar-refractivity contribution is -0.145. The van der Waals surface area contributed by atoms with Crippen molar-refractivity contribution in [3.63, 3.8) is 0 Å². The van der Waals surface area contributed by atoms with Crippen LogP contribution in [0.25, 0.3) is 6.08 Å². The molecule has 1 aliphatic heterocycles. The first-order valence-electron chi connectivity index (χ1n) is 8.98. The largest absolute Gasteiger partial charge is 0.459 e. The molecular weight excluding hydrogens is 302 g/mol. The van der Waals surface area contributed by atoms with Crippen LogP contribution in [0.5, 0.6) is 0 Å². The molecule has 1 heterocycles. The van der Waals surface area contributed by atoms with Gasteiger partial charge in [-0.3, -0.25) is 4.79 Å². The standard InChI is InChI=1S/C20H23NO3/c22-19-2-1-11-21(19)17-8-4-14(5-9-17)6-10-20(23)24-18-13-15-3-7-16(18)12-15/h4-6,8-10,15-16,18H,1-3,7,11-13H2. The summed E-state index contributed by atoms with van der Waals surface area (Å²) in [5, 5.41) is 0. The summed E-state index contributed by atoms with van der Waals surface area (Å²) < 4.78 is 5.61. The third-order valence-corrected chi connectivity index (χ3v) is 5.63. The van der Waals surface area contributed by atoms with E-state index in [1.165, 1.54) is 25.3 Å². The van der Waals surface area contributed by atoms with Gasteiger partial charge in [0.1, 0.15) is 6.10 Å². The third-order valence-electron chi connectivity index (χ3n) is 5.63. The zero-order valence-electron chi connectivity index (χ0n) is 13.8. The fourth-order valence-electron chi connectivity index (χ4n) is 4.37. The summed E-state index contributed by atoms with van der Waals surface area (Å²) in [7, 11) is 0. The first-order chi connectivity index (χ1) is 11.7. The van der Waals surface area contributed by atoms with Gasteiger partial charge >= 0.3 is 5.97 Å². The zero-order valence-corrected chi connectivity index (χ0v) is 13.8. The molecule has 1 aromatic carbocycles. The average Bonchev–Trinajstić information content (AvgIpc) is 3.30. The monoisotopic (exact) mass is 325 g/mol. The highest BCUT2D eigenvalue weighted by Gasteiger charge is 2.41. The second kappa shape index (κ2) is 6.42. The molecule has 4 heteroatoms. The van der Waals surface area contributed by atoms with Crippen LogP contribution in [0.15, 0.2) is 30.3 Å². The molecule has 0 N–H and O–H groups in total. The molecule has 2 bridgehead atoms. The van der Waals surface area contributed by atoms with Crippen LogP contribution in [-0.2, 0) is 14.3 Å². The van der Waals surface area contributed by atoms with Crippen molar-refractivity contribution in [2.45, 2.75) is 44.6 Å². The quantitative estimate of drug-likeness (QED) is 0.628. The fourth-order valence-corrected chi connectivity index (χ4v) is 4.37. The molecule has 126 valence electrons. The molecule has 1 aromatic rings. The molecular formula is C20H23NO3. The Morgan fingerprint density at radius 3 is 2.62 bits per heavy atom. The molecule has 0 aromatic heterocycles. The van der Waals surface area contributed by atoms with Crippen molar-refractivity contribution < 1.29 is 14.3 Å². The van der Waals surface area contributed by atoms with Crippen LogP contribution in [0.2, 0.25) is 0 Å². The van der Waals surface area contributed by atoms with Gasteiger partial charge in [0.05, 0.1) is 0 Å². The molecule has 3 unspecified atom stereocenters. The van der Waals surface area contributed by atoms with Crippen LogP contribution < -0.4 is 4.90 Å². The van der Waals surface area contributed by atoms with Crippen molar-refractivity contribution in [2.75, 3.05) is 11.4 Å². The van der Waals surface area contributed by atoms with Crippen LogP contribution in [0, 0.1) is 11.8 Å². The average molecular weight is 325 g/mol. The molecule has 4 rings (SSSR count). The number of rotatable bonds is 4. The number of hydrogen-bond donors (Lipinski definition) is 0. The Hall–Kier alpha value is -2.10. The molecule has 3 fully saturated rings. The van der Waals surface area contributed by atoms with Gasteiger partial charge in [-0.05, 0) is 67.7 Å². The van der Waals surface area contributed by atoms with E-state index in [4.69, 9.17) is 4.74 Å². The Morgan fingerprint density at radius 2 is 2.00 bits per heavy atom. The highest BCUT2D eigenvalue weighted by Crippen LogP contribution is 2.45. The minimum absolute atomic E-state index is 0.129. The first kappa shape index (κ1) is 15.4. The lowest BCUT2D eigenvalue weighted by Crippen LogP contribution is -2.23. The molecule has 24 heavy (non-hydrogen) atoms. The minimum atomic E-state index is -0.244. The molecule has 3 atom stereocenters. The number of anilines is 1. The number of esters is 1. The Balaban J connectivity index is 1.33. The van der Waals surface area contributed by atoms with Gasteiger partial charge in [-0.1, -0.05) is 12.1 Å². The number of nitrogens with zero attached hydrogens (tertiary/aromatic N) is 1. The highest BCUT2D eigenvalue weighted by atomic mass is 16.5. The second-order valence-corrected chi connectivity index (χ2v) is 7.22. The Morgan fingerprint density at radius 1 is 1.17 bits per heavy atom. The van der Waals surface area contributed by atoms with Crippen molar-refractivity contribution in [2.24, 2.45) is 11.8 Å². The predicted octanol–water partition coefficient (Wildman–Crippen LogP) is 3.56. The number of hydrogen-bond acceptors (Lipinski definition) is 3. The fraction of sp³-hybridized carbons (Fsp3) is 0.500. The zero-order chi connectivity index (χ0) is 16.5. The number of amides is 1. The van der Waals surface area contributed by atoms with Gasteiger partial charge in [0.25, 0.3) is 0 Å². The van der Waals surface area contributed by atoms with Crippen LogP contribution in [0.3, 0.4) is 0 Å². The van der Waals surface area contributed by atoms with E-state index >= 15 is 0 Å². The van der Waals surface area contributed by atoms with Crippen molar-refractivity contribution in [3.05, 3.63) is 35.9 Å². The molecule has 3 aliphatic rings. The van der Waals surface area contributed by atoms with Gasteiger partial charge in [0, 0.05) is 24.7 Å². The Bertz CT molecular complexity index is 664. The number of fused-ring (bicyclic) bond motifs is 2. The van der Waals surface area contributed by atoms with Crippen molar-refractivity contribution in [1.29, 1.82) is 0 Å². The smallest absolute Gasteiger partial charge is 0.331 e. The third kappa shape index (κ3) is 3.10. The van der Waals surface area contributed by atoms with Crippen LogP contribution in [-0.4, -0.2) is 24.5 Å². The van der Waals surface area contributed by atoms with Gasteiger partial charge in [0.2, 0.25) is 5.91 Å².